The summed E-state index contributed by atoms with van der Waals surface area (Å²) >= 11 is 1.61. The van der Waals surface area contributed by atoms with Crippen LogP contribution in [0, 0.1) is 0 Å². The van der Waals surface area contributed by atoms with Gasteiger partial charge in [-0.3, -0.25) is 9.69 Å². The fourth-order valence-corrected chi connectivity index (χ4v) is 4.35. The molecule has 2 aromatic carbocycles. The van der Waals surface area contributed by atoms with Crippen molar-refractivity contribution in [3.63, 3.8) is 0 Å². The van der Waals surface area contributed by atoms with E-state index in [1.807, 2.05) is 24.3 Å². The highest BCUT2D eigenvalue weighted by molar-refractivity contribution is 7.13. The van der Waals surface area contributed by atoms with Crippen LogP contribution in [0.1, 0.15) is 35.5 Å². The summed E-state index contributed by atoms with van der Waals surface area (Å²) in [6, 6.07) is 15.5. The van der Waals surface area contributed by atoms with Gasteiger partial charge >= 0.3 is 0 Å². The zero-order chi connectivity index (χ0) is 19.7. The second-order valence-electron chi connectivity index (χ2n) is 7.70. The third-order valence-electron chi connectivity index (χ3n) is 4.71. The molecule has 0 radical (unpaired) electrons. The number of carbonyl (C=O) groups excluding carboxylic acids is 1. The van der Waals surface area contributed by atoms with Crippen molar-refractivity contribution in [2.45, 2.75) is 32.5 Å². The molecular formula is C22H23N3O2S. The van der Waals surface area contributed by atoms with Gasteiger partial charge in [0.15, 0.2) is 0 Å². The van der Waals surface area contributed by atoms with Crippen molar-refractivity contribution in [3.8, 4) is 16.3 Å². The average molecular weight is 394 g/mol. The number of ether oxygens (including phenoxy) is 1. The third-order valence-corrected chi connectivity index (χ3v) is 5.65. The molecule has 1 amide bonds. The number of hydrogen-bond acceptors (Lipinski definition) is 5. The Labute approximate surface area is 168 Å². The Balaban J connectivity index is 1.52. The normalized spacial score (nSPS) is 16.1. The van der Waals surface area contributed by atoms with Crippen LogP contribution in [-0.2, 0) is 13.1 Å². The van der Waals surface area contributed by atoms with Crippen LogP contribution >= 0.6 is 11.3 Å². The first kappa shape index (κ1) is 18.7. The van der Waals surface area contributed by atoms with E-state index in [0.717, 1.165) is 41.6 Å². The zero-order valence-electron chi connectivity index (χ0n) is 16.0. The van der Waals surface area contributed by atoms with Crippen LogP contribution in [-0.4, -0.2) is 27.9 Å². The van der Waals surface area contributed by atoms with E-state index in [4.69, 9.17) is 15.5 Å². The fourth-order valence-electron chi connectivity index (χ4n) is 3.53. The summed E-state index contributed by atoms with van der Waals surface area (Å²) < 4.78 is 6.22. The number of primary amides is 1. The molecule has 1 aliphatic rings. The quantitative estimate of drug-likeness (QED) is 0.725. The maximum Gasteiger partial charge on any atom is 0.248 e. The van der Waals surface area contributed by atoms with Gasteiger partial charge in [-0.2, -0.15) is 0 Å². The first-order valence-corrected chi connectivity index (χ1v) is 10.1. The predicted octanol–water partition coefficient (Wildman–Crippen LogP) is 4.08. The molecule has 28 heavy (non-hydrogen) atoms. The summed E-state index contributed by atoms with van der Waals surface area (Å²) in [4.78, 5) is 18.4. The van der Waals surface area contributed by atoms with E-state index in [1.165, 1.54) is 5.56 Å². The van der Waals surface area contributed by atoms with Crippen molar-refractivity contribution in [1.29, 1.82) is 0 Å². The second kappa shape index (κ2) is 7.37. The van der Waals surface area contributed by atoms with Crippen LogP contribution in [0.4, 0.5) is 0 Å². The molecule has 0 saturated carbocycles. The highest BCUT2D eigenvalue weighted by Gasteiger charge is 2.29. The van der Waals surface area contributed by atoms with Crippen molar-refractivity contribution in [3.05, 3.63) is 70.7 Å². The minimum absolute atomic E-state index is 0.268. The van der Waals surface area contributed by atoms with E-state index in [2.05, 4.69) is 36.3 Å². The van der Waals surface area contributed by atoms with E-state index in [1.54, 1.807) is 23.5 Å². The number of nitrogens with two attached hydrogens (primary N) is 1. The number of amides is 1. The van der Waals surface area contributed by atoms with E-state index in [0.29, 0.717) is 5.56 Å². The maximum atomic E-state index is 11.2. The molecule has 1 aliphatic heterocycles. The molecule has 1 aromatic heterocycles. The molecule has 2 N–H and O–H groups in total. The molecule has 5 nitrogen and oxygen atoms in total. The van der Waals surface area contributed by atoms with Gasteiger partial charge in [-0.1, -0.05) is 30.3 Å². The lowest BCUT2D eigenvalue weighted by atomic mass is 10.1. The maximum absolute atomic E-state index is 11.2. The van der Waals surface area contributed by atoms with Crippen molar-refractivity contribution in [2.24, 2.45) is 5.73 Å². The average Bonchev–Trinajstić information content (AvgIpc) is 3.06. The lowest BCUT2D eigenvalue weighted by Gasteiger charge is -2.29. The minimum atomic E-state index is -0.419. The molecule has 0 bridgehead atoms. The standard InChI is InChI=1S/C22H23N3O2S/c1-22(2)14-25(11-17-5-3-4-6-19(17)27-22)12-18-13-28-21(24-18)16-9-7-15(8-10-16)20(23)26/h3-10,13H,11-12,14H2,1-2H3,(H2,23,26). The minimum Gasteiger partial charge on any atom is -0.486 e. The summed E-state index contributed by atoms with van der Waals surface area (Å²) in [5.41, 5.74) is 8.78. The molecule has 0 atom stereocenters. The number of thiazole rings is 1. The highest BCUT2D eigenvalue weighted by atomic mass is 32.1. The zero-order valence-corrected chi connectivity index (χ0v) is 16.8. The molecule has 144 valence electrons. The summed E-state index contributed by atoms with van der Waals surface area (Å²) in [7, 11) is 0. The number of nitrogens with zero attached hydrogens (tertiary/aromatic N) is 2. The van der Waals surface area contributed by atoms with Crippen LogP contribution in [0.15, 0.2) is 53.9 Å². The number of aromatic nitrogens is 1. The number of benzene rings is 2. The van der Waals surface area contributed by atoms with Crippen LogP contribution in [0.25, 0.3) is 10.6 Å². The Morgan fingerprint density at radius 1 is 1.21 bits per heavy atom. The number of carbonyl (C=O) groups is 1. The van der Waals surface area contributed by atoms with Crippen LogP contribution < -0.4 is 10.5 Å². The van der Waals surface area contributed by atoms with Crippen molar-refractivity contribution in [1.82, 2.24) is 9.88 Å². The topological polar surface area (TPSA) is 68.5 Å². The lowest BCUT2D eigenvalue weighted by Crippen LogP contribution is -2.40. The molecule has 0 fully saturated rings. The van der Waals surface area contributed by atoms with Crippen LogP contribution in [0.2, 0.25) is 0 Å². The van der Waals surface area contributed by atoms with Gasteiger partial charge in [0.25, 0.3) is 0 Å². The first-order valence-electron chi connectivity index (χ1n) is 9.23. The van der Waals surface area contributed by atoms with Gasteiger partial charge < -0.3 is 10.5 Å². The summed E-state index contributed by atoms with van der Waals surface area (Å²) in [5.74, 6) is 0.543. The highest BCUT2D eigenvalue weighted by Crippen LogP contribution is 2.31. The Morgan fingerprint density at radius 2 is 1.96 bits per heavy atom. The Bertz CT molecular complexity index is 995. The SMILES string of the molecule is CC1(C)CN(Cc2csc(-c3ccc(C(N)=O)cc3)n2)Cc2ccccc2O1. The Hall–Kier alpha value is -2.70. The van der Waals surface area contributed by atoms with Gasteiger partial charge in [-0.15, -0.1) is 11.3 Å². The molecule has 0 unspecified atom stereocenters. The fraction of sp³-hybridized carbons (Fsp3) is 0.273. The van der Waals surface area contributed by atoms with E-state index >= 15 is 0 Å². The van der Waals surface area contributed by atoms with Crippen molar-refractivity contribution < 1.29 is 9.53 Å². The summed E-state index contributed by atoms with van der Waals surface area (Å²) in [5, 5.41) is 3.04. The molecule has 2 heterocycles. The van der Waals surface area contributed by atoms with Gasteiger partial charge in [0.2, 0.25) is 5.91 Å². The van der Waals surface area contributed by atoms with E-state index in [9.17, 15) is 4.79 Å². The third kappa shape index (κ3) is 4.08. The molecule has 4 rings (SSSR count). The van der Waals surface area contributed by atoms with Gasteiger partial charge in [0.05, 0.1) is 5.69 Å². The molecule has 0 aliphatic carbocycles. The van der Waals surface area contributed by atoms with Gasteiger partial charge in [-0.25, -0.2) is 4.98 Å². The summed E-state index contributed by atoms with van der Waals surface area (Å²) in [6.07, 6.45) is 0. The summed E-state index contributed by atoms with van der Waals surface area (Å²) in [6.45, 7) is 6.66. The first-order chi connectivity index (χ1) is 13.4. The molecule has 0 spiro atoms. The van der Waals surface area contributed by atoms with Crippen LogP contribution in [0.3, 0.4) is 0 Å². The number of fused-ring (bicyclic) bond motifs is 1. The second-order valence-corrected chi connectivity index (χ2v) is 8.56. The largest absolute Gasteiger partial charge is 0.486 e. The molecule has 3 aromatic rings. The Kier molecular flexibility index (Phi) is 4.91. The van der Waals surface area contributed by atoms with Gasteiger partial charge in [-0.05, 0) is 32.0 Å². The van der Waals surface area contributed by atoms with Gasteiger partial charge in [0.1, 0.15) is 16.4 Å². The van der Waals surface area contributed by atoms with Crippen LogP contribution in [0.5, 0.6) is 5.75 Å². The van der Waals surface area contributed by atoms with E-state index < -0.39 is 5.91 Å². The molecular weight excluding hydrogens is 370 g/mol. The number of rotatable bonds is 4. The van der Waals surface area contributed by atoms with Gasteiger partial charge in [0, 0.05) is 41.7 Å². The monoisotopic (exact) mass is 393 g/mol. The van der Waals surface area contributed by atoms with E-state index in [-0.39, 0.29) is 5.60 Å². The lowest BCUT2D eigenvalue weighted by molar-refractivity contribution is 0.0679. The number of hydrogen-bond donors (Lipinski definition) is 1. The van der Waals surface area contributed by atoms with Crippen molar-refractivity contribution in [2.75, 3.05) is 6.54 Å². The van der Waals surface area contributed by atoms with Crippen molar-refractivity contribution >= 4 is 17.2 Å². The predicted molar refractivity (Wildman–Crippen MR) is 111 cm³/mol. The smallest absolute Gasteiger partial charge is 0.248 e. The molecule has 6 heteroatoms. The number of para-hydroxylation sites is 1. The molecule has 0 saturated heterocycles. The Morgan fingerprint density at radius 3 is 2.71 bits per heavy atom.